The van der Waals surface area contributed by atoms with Gasteiger partial charge in [-0.2, -0.15) is 0 Å². The summed E-state index contributed by atoms with van der Waals surface area (Å²) >= 11 is 0. The van der Waals surface area contributed by atoms with Crippen LogP contribution in [0.1, 0.15) is 32.4 Å². The molecule has 0 radical (unpaired) electrons. The lowest BCUT2D eigenvalue weighted by atomic mass is 9.86. The van der Waals surface area contributed by atoms with Crippen LogP contribution in [0, 0.1) is 11.2 Å². The van der Waals surface area contributed by atoms with Crippen LogP contribution in [0.15, 0.2) is 24.3 Å². The number of nitrogens with zero attached hydrogens (tertiary/aromatic N) is 1. The fourth-order valence-electron chi connectivity index (χ4n) is 2.30. The van der Waals surface area contributed by atoms with Gasteiger partial charge in [0.25, 0.3) is 0 Å². The molecule has 5 heteroatoms. The molecule has 1 saturated heterocycles. The van der Waals surface area contributed by atoms with Crippen LogP contribution < -0.4 is 5.73 Å². The zero-order chi connectivity index (χ0) is 15.6. The summed E-state index contributed by atoms with van der Waals surface area (Å²) in [7, 11) is 0. The van der Waals surface area contributed by atoms with Crippen molar-refractivity contribution in [3.05, 3.63) is 35.6 Å². The van der Waals surface area contributed by atoms with Crippen molar-refractivity contribution in [3.63, 3.8) is 0 Å². The molecule has 1 aliphatic heterocycles. The van der Waals surface area contributed by atoms with E-state index in [0.29, 0.717) is 19.7 Å². The topological polar surface area (TPSA) is 55.6 Å². The highest BCUT2D eigenvalue weighted by atomic mass is 19.1. The number of nitrogens with two attached hydrogens (primary N) is 1. The largest absolute Gasteiger partial charge is 0.370 e. The number of halogens is 1. The number of morpholine rings is 1. The summed E-state index contributed by atoms with van der Waals surface area (Å²) in [6.45, 7) is 7.31. The lowest BCUT2D eigenvalue weighted by molar-refractivity contribution is -0.142. The Morgan fingerprint density at radius 1 is 1.38 bits per heavy atom. The fourth-order valence-corrected chi connectivity index (χ4v) is 2.30. The number of amides is 1. The highest BCUT2D eigenvalue weighted by Gasteiger charge is 2.34. The lowest BCUT2D eigenvalue weighted by Crippen LogP contribution is -2.53. The Labute approximate surface area is 125 Å². The van der Waals surface area contributed by atoms with Crippen LogP contribution in [0.5, 0.6) is 0 Å². The van der Waals surface area contributed by atoms with Gasteiger partial charge >= 0.3 is 0 Å². The molecule has 2 N–H and O–H groups in total. The molecule has 0 aromatic heterocycles. The van der Waals surface area contributed by atoms with E-state index in [1.165, 1.54) is 12.1 Å². The average Bonchev–Trinajstić information content (AvgIpc) is 2.45. The van der Waals surface area contributed by atoms with E-state index in [1.807, 2.05) is 20.8 Å². The number of carbonyl (C=O) groups excluding carboxylic acids is 1. The predicted molar refractivity (Wildman–Crippen MR) is 79.1 cm³/mol. The predicted octanol–water partition coefficient (Wildman–Crippen LogP) is 2.10. The van der Waals surface area contributed by atoms with Gasteiger partial charge in [0.1, 0.15) is 11.9 Å². The number of hydrogen-bond acceptors (Lipinski definition) is 3. The van der Waals surface area contributed by atoms with Gasteiger partial charge in [-0.15, -0.1) is 0 Å². The number of rotatable bonds is 2. The van der Waals surface area contributed by atoms with E-state index in [4.69, 9.17) is 10.5 Å². The maximum Gasteiger partial charge on any atom is 0.240 e. The maximum atomic E-state index is 13.0. The third-order valence-electron chi connectivity index (χ3n) is 3.82. The van der Waals surface area contributed by atoms with Gasteiger partial charge in [0.2, 0.25) is 5.91 Å². The van der Waals surface area contributed by atoms with E-state index < -0.39 is 6.04 Å². The highest BCUT2D eigenvalue weighted by Crippen LogP contribution is 2.25. The van der Waals surface area contributed by atoms with Crippen molar-refractivity contribution in [2.24, 2.45) is 11.1 Å². The number of ether oxygens (including phenoxy) is 1. The first kappa shape index (κ1) is 15.9. The molecule has 2 rings (SSSR count). The molecule has 1 aromatic carbocycles. The van der Waals surface area contributed by atoms with E-state index in [-0.39, 0.29) is 23.2 Å². The van der Waals surface area contributed by atoms with Crippen molar-refractivity contribution in [1.82, 2.24) is 4.90 Å². The second-order valence-electron chi connectivity index (χ2n) is 6.54. The van der Waals surface area contributed by atoms with Gasteiger partial charge in [-0.1, -0.05) is 32.9 Å². The first-order valence-corrected chi connectivity index (χ1v) is 7.20. The second-order valence-corrected chi connectivity index (χ2v) is 6.54. The molecule has 1 aromatic rings. The summed E-state index contributed by atoms with van der Waals surface area (Å²) in [6, 6.07) is 5.65. The molecular weight excluding hydrogens is 271 g/mol. The number of benzene rings is 1. The quantitative estimate of drug-likeness (QED) is 0.909. The smallest absolute Gasteiger partial charge is 0.240 e. The van der Waals surface area contributed by atoms with Crippen LogP contribution in [0.4, 0.5) is 4.39 Å². The molecule has 116 valence electrons. The molecule has 1 unspecified atom stereocenters. The summed E-state index contributed by atoms with van der Waals surface area (Å²) in [4.78, 5) is 14.2. The molecule has 1 fully saturated rings. The van der Waals surface area contributed by atoms with Crippen LogP contribution in [0.3, 0.4) is 0 Å². The highest BCUT2D eigenvalue weighted by molar-refractivity contribution is 5.82. The van der Waals surface area contributed by atoms with Gasteiger partial charge in [0.05, 0.1) is 19.2 Å². The van der Waals surface area contributed by atoms with E-state index >= 15 is 0 Å². The molecule has 0 saturated carbocycles. The van der Waals surface area contributed by atoms with Crippen LogP contribution >= 0.6 is 0 Å². The van der Waals surface area contributed by atoms with Gasteiger partial charge in [0, 0.05) is 6.54 Å². The van der Waals surface area contributed by atoms with E-state index in [1.54, 1.807) is 17.0 Å². The molecule has 2 atom stereocenters. The minimum absolute atomic E-state index is 0.0575. The van der Waals surface area contributed by atoms with E-state index in [9.17, 15) is 9.18 Å². The number of hydrogen-bond donors (Lipinski definition) is 1. The van der Waals surface area contributed by atoms with Gasteiger partial charge in [0.15, 0.2) is 0 Å². The second kappa shape index (κ2) is 6.12. The standard InChI is InChI=1S/C16H23FN2O2/c1-16(2,3)14(18)15(20)19-8-9-21-13(10-19)11-4-6-12(17)7-5-11/h4-7,13-14H,8-10,18H2,1-3H3/t13?,14-/m1/s1. The molecule has 0 bridgehead atoms. The van der Waals surface area contributed by atoms with Gasteiger partial charge in [-0.25, -0.2) is 4.39 Å². The SMILES string of the molecule is CC(C)(C)[C@H](N)C(=O)N1CCOC(c2ccc(F)cc2)C1. The number of carbonyl (C=O) groups is 1. The third-order valence-corrected chi connectivity index (χ3v) is 3.82. The summed E-state index contributed by atoms with van der Waals surface area (Å²) in [5.41, 5.74) is 6.64. The first-order chi connectivity index (χ1) is 9.79. The Hall–Kier alpha value is -1.46. The van der Waals surface area contributed by atoms with Crippen molar-refractivity contribution in [2.45, 2.75) is 32.9 Å². The Morgan fingerprint density at radius 2 is 2.00 bits per heavy atom. The van der Waals surface area contributed by atoms with Gasteiger partial charge < -0.3 is 15.4 Å². The minimum atomic E-state index is -0.538. The zero-order valence-corrected chi connectivity index (χ0v) is 12.8. The van der Waals surface area contributed by atoms with E-state index in [2.05, 4.69) is 0 Å². The molecule has 0 aliphatic carbocycles. The third kappa shape index (κ3) is 3.80. The van der Waals surface area contributed by atoms with Crippen molar-refractivity contribution < 1.29 is 13.9 Å². The monoisotopic (exact) mass is 294 g/mol. The maximum absolute atomic E-state index is 13.0. The van der Waals surface area contributed by atoms with Crippen LogP contribution in [-0.2, 0) is 9.53 Å². The molecule has 4 nitrogen and oxygen atoms in total. The Bertz CT molecular complexity index is 496. The zero-order valence-electron chi connectivity index (χ0n) is 12.8. The van der Waals surface area contributed by atoms with Crippen LogP contribution in [-0.4, -0.2) is 36.5 Å². The Morgan fingerprint density at radius 3 is 2.57 bits per heavy atom. The molecular formula is C16H23FN2O2. The van der Waals surface area contributed by atoms with Crippen molar-refractivity contribution >= 4 is 5.91 Å². The Kier molecular flexibility index (Phi) is 4.64. The van der Waals surface area contributed by atoms with Gasteiger partial charge in [-0.3, -0.25) is 4.79 Å². The molecule has 21 heavy (non-hydrogen) atoms. The Balaban J connectivity index is 2.07. The summed E-state index contributed by atoms with van der Waals surface area (Å²) in [5.74, 6) is -0.338. The fraction of sp³-hybridized carbons (Fsp3) is 0.562. The van der Waals surface area contributed by atoms with Crippen molar-refractivity contribution in [2.75, 3.05) is 19.7 Å². The van der Waals surface area contributed by atoms with Crippen molar-refractivity contribution in [3.8, 4) is 0 Å². The minimum Gasteiger partial charge on any atom is -0.370 e. The molecule has 1 amide bonds. The normalized spacial score (nSPS) is 21.2. The van der Waals surface area contributed by atoms with Gasteiger partial charge in [-0.05, 0) is 23.1 Å². The summed E-state index contributed by atoms with van der Waals surface area (Å²) < 4.78 is 18.7. The molecule has 1 heterocycles. The lowest BCUT2D eigenvalue weighted by Gasteiger charge is -2.37. The van der Waals surface area contributed by atoms with E-state index in [0.717, 1.165) is 5.56 Å². The molecule has 0 spiro atoms. The van der Waals surface area contributed by atoms with Crippen molar-refractivity contribution in [1.29, 1.82) is 0 Å². The summed E-state index contributed by atoms with van der Waals surface area (Å²) in [5, 5.41) is 0. The average molecular weight is 294 g/mol. The van der Waals surface area contributed by atoms with Crippen LogP contribution in [0.25, 0.3) is 0 Å². The summed E-state index contributed by atoms with van der Waals surface area (Å²) in [6.07, 6.45) is -0.226. The van der Waals surface area contributed by atoms with Crippen LogP contribution in [0.2, 0.25) is 0 Å². The first-order valence-electron chi connectivity index (χ1n) is 7.20. The molecule has 1 aliphatic rings.